The Hall–Kier alpha value is -0.120. The number of nitrogens with two attached hydrogens (primary N) is 2. The first kappa shape index (κ1) is 16.9. The van der Waals surface area contributed by atoms with Crippen LogP contribution >= 0.6 is 0 Å². The van der Waals surface area contributed by atoms with Crippen LogP contribution in [0.1, 0.15) is 60.8 Å². The van der Waals surface area contributed by atoms with Crippen LogP contribution in [0.4, 0.5) is 0 Å². The predicted molar refractivity (Wildman–Crippen MR) is 75.0 cm³/mol. The Bertz CT molecular complexity index is 207. The predicted octanol–water partition coefficient (Wildman–Crippen LogP) is 2.67. The van der Waals surface area contributed by atoms with E-state index in [-0.39, 0.29) is 17.2 Å². The number of rotatable bonds is 8. The Kier molecular flexibility index (Phi) is 6.67. The molecule has 2 unspecified atom stereocenters. The molecule has 3 nitrogen and oxygen atoms in total. The van der Waals surface area contributed by atoms with E-state index >= 15 is 0 Å². The fourth-order valence-corrected chi connectivity index (χ4v) is 1.53. The molecule has 104 valence electrons. The van der Waals surface area contributed by atoms with Gasteiger partial charge in [0.05, 0.1) is 5.60 Å². The first-order valence-corrected chi connectivity index (χ1v) is 6.73. The van der Waals surface area contributed by atoms with Gasteiger partial charge >= 0.3 is 0 Å². The van der Waals surface area contributed by atoms with Gasteiger partial charge in [0.25, 0.3) is 0 Å². The van der Waals surface area contributed by atoms with E-state index in [1.165, 1.54) is 0 Å². The van der Waals surface area contributed by atoms with Crippen LogP contribution in [0.3, 0.4) is 0 Å². The van der Waals surface area contributed by atoms with Crippen molar-refractivity contribution in [3.8, 4) is 0 Å². The van der Waals surface area contributed by atoms with Crippen LogP contribution in [0.5, 0.6) is 0 Å². The maximum Gasteiger partial charge on any atom is 0.0627 e. The lowest BCUT2D eigenvalue weighted by atomic mass is 9.88. The lowest BCUT2D eigenvalue weighted by Crippen LogP contribution is -2.40. The lowest BCUT2D eigenvalue weighted by molar-refractivity contribution is -0.0326. The largest absolute Gasteiger partial charge is 0.376 e. The fourth-order valence-electron chi connectivity index (χ4n) is 1.53. The molecule has 17 heavy (non-hydrogen) atoms. The first-order valence-electron chi connectivity index (χ1n) is 6.73. The van der Waals surface area contributed by atoms with E-state index in [4.69, 9.17) is 16.2 Å². The summed E-state index contributed by atoms with van der Waals surface area (Å²) in [4.78, 5) is 0. The standard InChI is InChI=1S/C14H32N2O/c1-11(14(5,6)16)8-10-17-13(3,4)9-7-12(2)15/h11-12H,7-10,15-16H2,1-6H3. The molecule has 3 heteroatoms. The third kappa shape index (κ3) is 8.58. The van der Waals surface area contributed by atoms with Gasteiger partial charge in [0.1, 0.15) is 0 Å². The van der Waals surface area contributed by atoms with E-state index < -0.39 is 0 Å². The molecule has 0 aromatic carbocycles. The van der Waals surface area contributed by atoms with E-state index in [1.54, 1.807) is 0 Å². The molecule has 4 N–H and O–H groups in total. The summed E-state index contributed by atoms with van der Waals surface area (Å²) in [6, 6.07) is 0.250. The van der Waals surface area contributed by atoms with Crippen LogP contribution in [0.2, 0.25) is 0 Å². The molecule has 0 saturated carbocycles. The van der Waals surface area contributed by atoms with Crippen molar-refractivity contribution < 1.29 is 4.74 Å². The summed E-state index contributed by atoms with van der Waals surface area (Å²) in [7, 11) is 0. The topological polar surface area (TPSA) is 61.3 Å². The van der Waals surface area contributed by atoms with Crippen LogP contribution in [0.25, 0.3) is 0 Å². The van der Waals surface area contributed by atoms with Crippen LogP contribution in [0, 0.1) is 5.92 Å². The summed E-state index contributed by atoms with van der Waals surface area (Å²) in [6.07, 6.45) is 3.01. The summed E-state index contributed by atoms with van der Waals surface area (Å²) in [5.74, 6) is 0.465. The van der Waals surface area contributed by atoms with E-state index in [2.05, 4.69) is 34.6 Å². The summed E-state index contributed by atoms with van der Waals surface area (Å²) in [6.45, 7) is 13.4. The van der Waals surface area contributed by atoms with E-state index in [1.807, 2.05) is 6.92 Å². The van der Waals surface area contributed by atoms with Gasteiger partial charge in [0.15, 0.2) is 0 Å². The van der Waals surface area contributed by atoms with Gasteiger partial charge in [0, 0.05) is 18.2 Å². The molecule has 0 aromatic rings. The lowest BCUT2D eigenvalue weighted by Gasteiger charge is -2.30. The van der Waals surface area contributed by atoms with Gasteiger partial charge in [0.2, 0.25) is 0 Å². The molecular formula is C14H32N2O. The van der Waals surface area contributed by atoms with Crippen molar-refractivity contribution in [1.29, 1.82) is 0 Å². The molecule has 0 bridgehead atoms. The van der Waals surface area contributed by atoms with Crippen LogP contribution in [-0.4, -0.2) is 23.8 Å². The van der Waals surface area contributed by atoms with Crippen molar-refractivity contribution >= 4 is 0 Å². The van der Waals surface area contributed by atoms with Crippen molar-refractivity contribution in [3.63, 3.8) is 0 Å². The monoisotopic (exact) mass is 244 g/mol. The van der Waals surface area contributed by atoms with E-state index in [0.717, 1.165) is 25.9 Å². The van der Waals surface area contributed by atoms with Gasteiger partial charge < -0.3 is 16.2 Å². The van der Waals surface area contributed by atoms with E-state index in [9.17, 15) is 0 Å². The summed E-state index contributed by atoms with van der Waals surface area (Å²) < 4.78 is 5.93. The zero-order valence-electron chi connectivity index (χ0n) is 12.5. The molecule has 2 atom stereocenters. The average Bonchev–Trinajstić information content (AvgIpc) is 2.13. The molecule has 0 heterocycles. The first-order chi connectivity index (χ1) is 7.54. The van der Waals surface area contributed by atoms with Crippen LogP contribution in [-0.2, 0) is 4.74 Å². The zero-order valence-corrected chi connectivity index (χ0v) is 12.5. The Labute approximate surface area is 107 Å². The smallest absolute Gasteiger partial charge is 0.0627 e. The molecule has 0 aliphatic carbocycles. The fraction of sp³-hybridized carbons (Fsp3) is 1.00. The molecule has 0 aromatic heterocycles. The molecular weight excluding hydrogens is 212 g/mol. The normalized spacial score (nSPS) is 16.9. The highest BCUT2D eigenvalue weighted by atomic mass is 16.5. The zero-order chi connectivity index (χ0) is 13.7. The molecule has 0 saturated heterocycles. The van der Waals surface area contributed by atoms with Gasteiger partial charge in [-0.2, -0.15) is 0 Å². The van der Waals surface area contributed by atoms with E-state index in [0.29, 0.717) is 5.92 Å². The maximum absolute atomic E-state index is 6.06. The van der Waals surface area contributed by atoms with Crippen molar-refractivity contribution in [1.82, 2.24) is 0 Å². The van der Waals surface area contributed by atoms with Crippen LogP contribution in [0.15, 0.2) is 0 Å². The Balaban J connectivity index is 3.87. The molecule has 0 radical (unpaired) electrons. The Morgan fingerprint density at radius 1 is 1.06 bits per heavy atom. The van der Waals surface area contributed by atoms with Gasteiger partial charge in [-0.25, -0.2) is 0 Å². The quantitative estimate of drug-likeness (QED) is 0.690. The van der Waals surface area contributed by atoms with Gasteiger partial charge in [-0.1, -0.05) is 6.92 Å². The second kappa shape index (κ2) is 6.72. The summed E-state index contributed by atoms with van der Waals surface area (Å²) >= 11 is 0. The minimum Gasteiger partial charge on any atom is -0.376 e. The highest BCUT2D eigenvalue weighted by Gasteiger charge is 2.23. The third-order valence-corrected chi connectivity index (χ3v) is 3.52. The summed E-state index contributed by atoms with van der Waals surface area (Å²) in [5, 5.41) is 0. The van der Waals surface area contributed by atoms with Crippen molar-refractivity contribution in [2.24, 2.45) is 17.4 Å². The highest BCUT2D eigenvalue weighted by Crippen LogP contribution is 2.21. The maximum atomic E-state index is 6.06. The number of hydrogen-bond acceptors (Lipinski definition) is 3. The second-order valence-electron chi connectivity index (χ2n) is 6.64. The molecule has 0 aliphatic heterocycles. The Morgan fingerprint density at radius 2 is 1.59 bits per heavy atom. The number of ether oxygens (including phenoxy) is 1. The van der Waals surface area contributed by atoms with Crippen molar-refractivity contribution in [3.05, 3.63) is 0 Å². The number of hydrogen-bond donors (Lipinski definition) is 2. The Morgan fingerprint density at radius 3 is 2.00 bits per heavy atom. The molecule has 0 aliphatic rings. The second-order valence-corrected chi connectivity index (χ2v) is 6.64. The van der Waals surface area contributed by atoms with Gasteiger partial charge in [-0.15, -0.1) is 0 Å². The van der Waals surface area contributed by atoms with Gasteiger partial charge in [-0.05, 0) is 59.8 Å². The molecule has 0 amide bonds. The van der Waals surface area contributed by atoms with Crippen LogP contribution < -0.4 is 11.5 Å². The van der Waals surface area contributed by atoms with Gasteiger partial charge in [-0.3, -0.25) is 0 Å². The molecule has 0 spiro atoms. The SMILES string of the molecule is CC(N)CCC(C)(C)OCCC(C)C(C)(C)N. The van der Waals surface area contributed by atoms with Crippen molar-refractivity contribution in [2.75, 3.05) is 6.61 Å². The average molecular weight is 244 g/mol. The minimum absolute atomic E-state index is 0.0773. The summed E-state index contributed by atoms with van der Waals surface area (Å²) in [5.41, 5.74) is 11.6. The molecule has 0 rings (SSSR count). The highest BCUT2D eigenvalue weighted by molar-refractivity contribution is 4.79. The van der Waals surface area contributed by atoms with Crippen molar-refractivity contribution in [2.45, 2.75) is 78.0 Å². The minimum atomic E-state index is -0.126. The third-order valence-electron chi connectivity index (χ3n) is 3.52. The molecule has 0 fully saturated rings.